The third-order valence-electron chi connectivity index (χ3n) is 2.33. The second-order valence-corrected chi connectivity index (χ2v) is 4.58. The lowest BCUT2D eigenvalue weighted by molar-refractivity contribution is 0.449. The maximum atomic E-state index is 2.32. The summed E-state index contributed by atoms with van der Waals surface area (Å²) in [5.74, 6) is 0.826. The minimum Gasteiger partial charge on any atom is -0.159 e. The van der Waals surface area contributed by atoms with Crippen molar-refractivity contribution in [3.63, 3.8) is 0 Å². The van der Waals surface area contributed by atoms with Crippen LogP contribution in [-0.2, 0) is 0 Å². The van der Waals surface area contributed by atoms with Crippen LogP contribution in [0.4, 0.5) is 0 Å². The minimum absolute atomic E-state index is 0.467. The molecule has 0 aliphatic heterocycles. The van der Waals surface area contributed by atoms with Gasteiger partial charge in [0.2, 0.25) is 0 Å². The highest BCUT2D eigenvalue weighted by atomic mass is 32.2. The summed E-state index contributed by atoms with van der Waals surface area (Å²) in [4.78, 5) is 0. The summed E-state index contributed by atoms with van der Waals surface area (Å²) >= 11 is 1.96. The number of rotatable bonds is 3. The van der Waals surface area contributed by atoms with Crippen LogP contribution in [0.25, 0.3) is 0 Å². The van der Waals surface area contributed by atoms with E-state index in [0.717, 1.165) is 5.92 Å². The van der Waals surface area contributed by atoms with Crippen LogP contribution < -0.4 is 0 Å². The Hall–Kier alpha value is 0.350. The highest BCUT2D eigenvalue weighted by molar-refractivity contribution is 7.99. The summed E-state index contributed by atoms with van der Waals surface area (Å²) in [7, 11) is 0. The average molecular weight is 146 g/mol. The smallest absolute Gasteiger partial charge is 0.0126 e. The van der Waals surface area contributed by atoms with E-state index >= 15 is 0 Å². The summed E-state index contributed by atoms with van der Waals surface area (Å²) in [6, 6.07) is 0. The normalized spacial score (nSPS) is 15.7. The lowest BCUT2D eigenvalue weighted by Gasteiger charge is -2.28. The highest BCUT2D eigenvalue weighted by Crippen LogP contribution is 2.31. The van der Waals surface area contributed by atoms with Crippen LogP contribution >= 0.6 is 11.8 Å². The number of hydrogen-bond donors (Lipinski definition) is 0. The van der Waals surface area contributed by atoms with Gasteiger partial charge in [0, 0.05) is 4.75 Å². The van der Waals surface area contributed by atoms with Gasteiger partial charge in [0.05, 0.1) is 0 Å². The molecule has 0 nitrogen and oxygen atoms in total. The molecule has 0 heterocycles. The Labute approximate surface area is 63.4 Å². The number of hydrogen-bond acceptors (Lipinski definition) is 1. The quantitative estimate of drug-likeness (QED) is 0.589. The third-order valence-corrected chi connectivity index (χ3v) is 3.78. The zero-order valence-electron chi connectivity index (χ0n) is 7.19. The summed E-state index contributed by atoms with van der Waals surface area (Å²) in [6.07, 6.45) is 3.47. The van der Waals surface area contributed by atoms with Gasteiger partial charge in [0.15, 0.2) is 0 Å². The fraction of sp³-hybridized carbons (Fsp3) is 1.00. The van der Waals surface area contributed by atoms with Gasteiger partial charge in [-0.3, -0.25) is 0 Å². The SMILES string of the molecule is CCC(C)C(C)(C)SC. The van der Waals surface area contributed by atoms with Crippen LogP contribution in [0.1, 0.15) is 34.1 Å². The molecule has 1 atom stereocenters. The molecule has 0 amide bonds. The van der Waals surface area contributed by atoms with E-state index in [1.807, 2.05) is 11.8 Å². The van der Waals surface area contributed by atoms with E-state index < -0.39 is 0 Å². The topological polar surface area (TPSA) is 0 Å². The zero-order valence-corrected chi connectivity index (χ0v) is 8.01. The predicted molar refractivity (Wildman–Crippen MR) is 47.0 cm³/mol. The lowest BCUT2D eigenvalue weighted by atomic mass is 9.95. The molecule has 0 aromatic heterocycles. The molecule has 0 spiro atoms. The van der Waals surface area contributed by atoms with E-state index in [-0.39, 0.29) is 0 Å². The van der Waals surface area contributed by atoms with Gasteiger partial charge in [-0.2, -0.15) is 11.8 Å². The first-order chi connectivity index (χ1) is 4.04. The van der Waals surface area contributed by atoms with E-state index in [9.17, 15) is 0 Å². The van der Waals surface area contributed by atoms with Crippen LogP contribution in [0.3, 0.4) is 0 Å². The molecule has 0 aliphatic rings. The first kappa shape index (κ1) is 9.35. The van der Waals surface area contributed by atoms with E-state index in [1.54, 1.807) is 0 Å². The van der Waals surface area contributed by atoms with Crippen molar-refractivity contribution in [2.45, 2.75) is 38.9 Å². The Morgan fingerprint density at radius 1 is 1.44 bits per heavy atom. The Morgan fingerprint density at radius 3 is 2.00 bits per heavy atom. The molecule has 0 saturated heterocycles. The van der Waals surface area contributed by atoms with Crippen molar-refractivity contribution in [2.24, 2.45) is 5.92 Å². The molecule has 56 valence electrons. The molecule has 1 heteroatoms. The van der Waals surface area contributed by atoms with Gasteiger partial charge in [-0.05, 0) is 12.2 Å². The van der Waals surface area contributed by atoms with Crippen LogP contribution in [0.2, 0.25) is 0 Å². The lowest BCUT2D eigenvalue weighted by Crippen LogP contribution is -2.23. The van der Waals surface area contributed by atoms with Crippen molar-refractivity contribution in [1.29, 1.82) is 0 Å². The van der Waals surface area contributed by atoms with Crippen molar-refractivity contribution >= 4 is 11.8 Å². The fourth-order valence-electron chi connectivity index (χ4n) is 0.693. The fourth-order valence-corrected chi connectivity index (χ4v) is 1.26. The van der Waals surface area contributed by atoms with Gasteiger partial charge >= 0.3 is 0 Å². The monoisotopic (exact) mass is 146 g/mol. The van der Waals surface area contributed by atoms with Crippen molar-refractivity contribution in [2.75, 3.05) is 6.26 Å². The molecule has 0 radical (unpaired) electrons. The molecule has 0 bridgehead atoms. The molecule has 0 fully saturated rings. The van der Waals surface area contributed by atoms with Crippen molar-refractivity contribution in [3.05, 3.63) is 0 Å². The van der Waals surface area contributed by atoms with Crippen LogP contribution in [-0.4, -0.2) is 11.0 Å². The zero-order chi connectivity index (χ0) is 7.49. The summed E-state index contributed by atoms with van der Waals surface area (Å²) in [6.45, 7) is 9.19. The summed E-state index contributed by atoms with van der Waals surface area (Å²) in [5.41, 5.74) is 0. The minimum atomic E-state index is 0.467. The summed E-state index contributed by atoms with van der Waals surface area (Å²) in [5, 5.41) is 0. The Bertz CT molecular complexity index is 76.6. The maximum Gasteiger partial charge on any atom is 0.0126 e. The Morgan fingerprint density at radius 2 is 1.89 bits per heavy atom. The summed E-state index contributed by atoms with van der Waals surface area (Å²) < 4.78 is 0.467. The van der Waals surface area contributed by atoms with Crippen molar-refractivity contribution in [3.8, 4) is 0 Å². The molecular formula is C8H18S. The van der Waals surface area contributed by atoms with Gasteiger partial charge in [0.1, 0.15) is 0 Å². The van der Waals surface area contributed by atoms with Gasteiger partial charge < -0.3 is 0 Å². The van der Waals surface area contributed by atoms with E-state index in [1.165, 1.54) is 6.42 Å². The first-order valence-corrected chi connectivity index (χ1v) is 4.82. The van der Waals surface area contributed by atoms with E-state index in [4.69, 9.17) is 0 Å². The Balaban J connectivity index is 3.80. The van der Waals surface area contributed by atoms with Gasteiger partial charge in [0.25, 0.3) is 0 Å². The molecule has 0 N–H and O–H groups in total. The second-order valence-electron chi connectivity index (χ2n) is 3.12. The number of thioether (sulfide) groups is 1. The van der Waals surface area contributed by atoms with Gasteiger partial charge in [-0.15, -0.1) is 0 Å². The largest absolute Gasteiger partial charge is 0.159 e. The van der Waals surface area contributed by atoms with Crippen LogP contribution in [0.15, 0.2) is 0 Å². The highest BCUT2D eigenvalue weighted by Gasteiger charge is 2.22. The van der Waals surface area contributed by atoms with Gasteiger partial charge in [-0.25, -0.2) is 0 Å². The van der Waals surface area contributed by atoms with E-state index in [2.05, 4.69) is 34.0 Å². The molecule has 0 saturated carbocycles. The van der Waals surface area contributed by atoms with Gasteiger partial charge in [-0.1, -0.05) is 34.1 Å². The Kier molecular flexibility index (Phi) is 3.64. The maximum absolute atomic E-state index is 2.32. The first-order valence-electron chi connectivity index (χ1n) is 3.59. The van der Waals surface area contributed by atoms with Crippen LogP contribution in [0, 0.1) is 5.92 Å². The third kappa shape index (κ3) is 2.61. The molecule has 0 aromatic carbocycles. The second kappa shape index (κ2) is 3.50. The van der Waals surface area contributed by atoms with Crippen LogP contribution in [0.5, 0.6) is 0 Å². The molecular weight excluding hydrogens is 128 g/mol. The predicted octanol–water partition coefficient (Wildman–Crippen LogP) is 3.17. The molecule has 0 aliphatic carbocycles. The van der Waals surface area contributed by atoms with Crippen molar-refractivity contribution in [1.82, 2.24) is 0 Å². The molecule has 0 rings (SSSR count). The molecule has 0 aromatic rings. The van der Waals surface area contributed by atoms with Crippen molar-refractivity contribution < 1.29 is 0 Å². The molecule has 1 unspecified atom stereocenters. The molecule has 9 heavy (non-hydrogen) atoms. The average Bonchev–Trinajstić information content (AvgIpc) is 1.86. The standard InChI is InChI=1S/C8H18S/c1-6-7(2)8(3,4)9-5/h7H,6H2,1-5H3. The van der Waals surface area contributed by atoms with E-state index in [0.29, 0.717) is 4.75 Å².